The SMILES string of the molecule is O=S(=O)(Nc1ccccc1-c1ncco1)N1CCOCC1. The number of rotatable bonds is 4. The minimum absolute atomic E-state index is 0.344. The van der Waals surface area contributed by atoms with Gasteiger partial charge in [-0.2, -0.15) is 12.7 Å². The van der Waals surface area contributed by atoms with Crippen LogP contribution < -0.4 is 4.72 Å². The first-order valence-electron chi connectivity index (χ1n) is 6.51. The van der Waals surface area contributed by atoms with Crippen LogP contribution in [0, 0.1) is 0 Å². The van der Waals surface area contributed by atoms with E-state index in [1.807, 2.05) is 0 Å². The lowest BCUT2D eigenvalue weighted by molar-refractivity contribution is 0.0733. The first kappa shape index (κ1) is 14.1. The van der Waals surface area contributed by atoms with E-state index in [0.717, 1.165) is 0 Å². The van der Waals surface area contributed by atoms with Gasteiger partial charge in [0.05, 0.1) is 30.7 Å². The summed E-state index contributed by atoms with van der Waals surface area (Å²) in [5.74, 6) is 0.371. The summed E-state index contributed by atoms with van der Waals surface area (Å²) in [6.07, 6.45) is 2.96. The molecule has 8 heteroatoms. The molecular formula is C13H15N3O4S. The van der Waals surface area contributed by atoms with Gasteiger partial charge in [-0.3, -0.25) is 4.72 Å². The minimum atomic E-state index is -3.62. The molecule has 2 aromatic rings. The number of oxazole rings is 1. The van der Waals surface area contributed by atoms with Gasteiger partial charge < -0.3 is 9.15 Å². The van der Waals surface area contributed by atoms with Crippen LogP contribution in [0.15, 0.2) is 41.1 Å². The highest BCUT2D eigenvalue weighted by molar-refractivity contribution is 7.90. The van der Waals surface area contributed by atoms with Crippen LogP contribution in [0.5, 0.6) is 0 Å². The lowest BCUT2D eigenvalue weighted by Gasteiger charge is -2.26. The third-order valence-corrected chi connectivity index (χ3v) is 4.66. The number of nitrogens with zero attached hydrogens (tertiary/aromatic N) is 2. The number of para-hydroxylation sites is 1. The summed E-state index contributed by atoms with van der Waals surface area (Å²) in [5, 5.41) is 0. The van der Waals surface area contributed by atoms with E-state index in [2.05, 4.69) is 9.71 Å². The van der Waals surface area contributed by atoms with E-state index >= 15 is 0 Å². The third-order valence-electron chi connectivity index (χ3n) is 3.14. The Morgan fingerprint density at radius 2 is 1.95 bits per heavy atom. The molecule has 3 rings (SSSR count). The molecule has 0 radical (unpaired) electrons. The molecule has 0 bridgehead atoms. The minimum Gasteiger partial charge on any atom is -0.444 e. The number of hydrogen-bond acceptors (Lipinski definition) is 5. The van der Waals surface area contributed by atoms with Gasteiger partial charge >= 0.3 is 10.2 Å². The molecule has 0 aliphatic carbocycles. The zero-order valence-electron chi connectivity index (χ0n) is 11.2. The van der Waals surface area contributed by atoms with Crippen molar-refractivity contribution in [2.45, 2.75) is 0 Å². The number of hydrogen-bond donors (Lipinski definition) is 1. The number of benzene rings is 1. The van der Waals surface area contributed by atoms with Gasteiger partial charge in [0.25, 0.3) is 0 Å². The van der Waals surface area contributed by atoms with Crippen LogP contribution in [0.25, 0.3) is 11.5 Å². The van der Waals surface area contributed by atoms with Crippen molar-refractivity contribution in [3.8, 4) is 11.5 Å². The maximum Gasteiger partial charge on any atom is 0.301 e. The van der Waals surface area contributed by atoms with Gasteiger partial charge in [0, 0.05) is 13.1 Å². The van der Waals surface area contributed by atoms with Crippen molar-refractivity contribution >= 4 is 15.9 Å². The maximum absolute atomic E-state index is 12.4. The summed E-state index contributed by atoms with van der Waals surface area (Å²) in [6.45, 7) is 1.50. The lowest BCUT2D eigenvalue weighted by atomic mass is 10.2. The van der Waals surface area contributed by atoms with Crippen LogP contribution >= 0.6 is 0 Å². The van der Waals surface area contributed by atoms with E-state index in [1.165, 1.54) is 16.8 Å². The Bertz CT molecular complexity index is 694. The second-order valence-corrected chi connectivity index (χ2v) is 6.17. The molecule has 0 amide bonds. The van der Waals surface area contributed by atoms with E-state index in [4.69, 9.17) is 9.15 Å². The van der Waals surface area contributed by atoms with Gasteiger partial charge in [-0.1, -0.05) is 12.1 Å². The summed E-state index contributed by atoms with van der Waals surface area (Å²) < 4.78 is 39.1. The molecule has 112 valence electrons. The van der Waals surface area contributed by atoms with Crippen LogP contribution in [0.3, 0.4) is 0 Å². The average molecular weight is 309 g/mol. The molecule has 1 saturated heterocycles. The fourth-order valence-corrected chi connectivity index (χ4v) is 3.32. The van der Waals surface area contributed by atoms with Crippen LogP contribution in [-0.2, 0) is 14.9 Å². The Morgan fingerprint density at radius 1 is 1.19 bits per heavy atom. The van der Waals surface area contributed by atoms with Crippen LogP contribution in [-0.4, -0.2) is 44.0 Å². The monoisotopic (exact) mass is 309 g/mol. The highest BCUT2D eigenvalue weighted by Gasteiger charge is 2.25. The first-order valence-corrected chi connectivity index (χ1v) is 7.95. The highest BCUT2D eigenvalue weighted by atomic mass is 32.2. The van der Waals surface area contributed by atoms with Crippen molar-refractivity contribution in [3.63, 3.8) is 0 Å². The van der Waals surface area contributed by atoms with Crippen LogP contribution in [0.4, 0.5) is 5.69 Å². The quantitative estimate of drug-likeness (QED) is 0.921. The molecule has 0 atom stereocenters. The fraction of sp³-hybridized carbons (Fsp3) is 0.308. The van der Waals surface area contributed by atoms with Crippen molar-refractivity contribution < 1.29 is 17.6 Å². The van der Waals surface area contributed by atoms with E-state index in [-0.39, 0.29) is 0 Å². The Kier molecular flexibility index (Phi) is 3.91. The van der Waals surface area contributed by atoms with E-state index in [9.17, 15) is 8.42 Å². The van der Waals surface area contributed by atoms with E-state index in [0.29, 0.717) is 43.4 Å². The van der Waals surface area contributed by atoms with Gasteiger partial charge in [0.2, 0.25) is 5.89 Å². The second-order valence-electron chi connectivity index (χ2n) is 4.50. The summed E-state index contributed by atoms with van der Waals surface area (Å²) in [4.78, 5) is 4.05. The van der Waals surface area contributed by atoms with Crippen molar-refractivity contribution in [2.75, 3.05) is 31.0 Å². The molecule has 1 aliphatic rings. The van der Waals surface area contributed by atoms with Crippen molar-refractivity contribution in [3.05, 3.63) is 36.7 Å². The van der Waals surface area contributed by atoms with E-state index < -0.39 is 10.2 Å². The molecule has 2 heterocycles. The molecular weight excluding hydrogens is 294 g/mol. The number of aromatic nitrogens is 1. The number of morpholine rings is 1. The van der Waals surface area contributed by atoms with Crippen molar-refractivity contribution in [1.29, 1.82) is 0 Å². The van der Waals surface area contributed by atoms with Gasteiger partial charge in [-0.05, 0) is 12.1 Å². The maximum atomic E-state index is 12.4. The summed E-state index contributed by atoms with van der Waals surface area (Å²) in [6, 6.07) is 6.98. The van der Waals surface area contributed by atoms with Crippen molar-refractivity contribution in [2.24, 2.45) is 0 Å². The number of nitrogens with one attached hydrogen (secondary N) is 1. The van der Waals surface area contributed by atoms with Gasteiger partial charge in [-0.15, -0.1) is 0 Å². The van der Waals surface area contributed by atoms with Gasteiger partial charge in [-0.25, -0.2) is 4.98 Å². The Labute approximate surface area is 122 Å². The number of ether oxygens (including phenoxy) is 1. The summed E-state index contributed by atoms with van der Waals surface area (Å²) >= 11 is 0. The fourth-order valence-electron chi connectivity index (χ4n) is 2.11. The Morgan fingerprint density at radius 3 is 2.67 bits per heavy atom. The van der Waals surface area contributed by atoms with Crippen LogP contribution in [0.2, 0.25) is 0 Å². The largest absolute Gasteiger partial charge is 0.444 e. The van der Waals surface area contributed by atoms with E-state index in [1.54, 1.807) is 24.3 Å². The molecule has 0 unspecified atom stereocenters. The lowest BCUT2D eigenvalue weighted by Crippen LogP contribution is -2.43. The Balaban J connectivity index is 1.88. The Hall–Kier alpha value is -1.90. The molecule has 7 nitrogen and oxygen atoms in total. The average Bonchev–Trinajstić information content (AvgIpc) is 3.02. The molecule has 1 fully saturated rings. The summed E-state index contributed by atoms with van der Waals surface area (Å²) in [7, 11) is -3.62. The second kappa shape index (κ2) is 5.84. The zero-order valence-corrected chi connectivity index (χ0v) is 12.0. The normalized spacial score (nSPS) is 16.8. The molecule has 0 spiro atoms. The van der Waals surface area contributed by atoms with Crippen LogP contribution in [0.1, 0.15) is 0 Å². The molecule has 1 aliphatic heterocycles. The molecule has 1 aromatic heterocycles. The highest BCUT2D eigenvalue weighted by Crippen LogP contribution is 2.27. The standard InChI is InChI=1S/C13H15N3O4S/c17-21(18,16-6-9-19-10-7-16)15-12-4-2-1-3-11(12)13-14-5-8-20-13/h1-5,8,15H,6-7,9-10H2. The third kappa shape index (κ3) is 3.07. The smallest absolute Gasteiger partial charge is 0.301 e. The molecule has 1 aromatic carbocycles. The molecule has 1 N–H and O–H groups in total. The number of anilines is 1. The first-order chi connectivity index (χ1) is 10.2. The molecule has 0 saturated carbocycles. The zero-order chi connectivity index (χ0) is 14.7. The van der Waals surface area contributed by atoms with Gasteiger partial charge in [0.15, 0.2) is 0 Å². The predicted molar refractivity (Wildman–Crippen MR) is 76.9 cm³/mol. The topological polar surface area (TPSA) is 84.7 Å². The van der Waals surface area contributed by atoms with Crippen molar-refractivity contribution in [1.82, 2.24) is 9.29 Å². The summed E-state index contributed by atoms with van der Waals surface area (Å²) in [5.41, 5.74) is 1.03. The molecule has 21 heavy (non-hydrogen) atoms. The predicted octanol–water partition coefficient (Wildman–Crippen LogP) is 1.33. The van der Waals surface area contributed by atoms with Gasteiger partial charge in [0.1, 0.15) is 6.26 Å².